The third-order valence-corrected chi connectivity index (χ3v) is 13.7. The van der Waals surface area contributed by atoms with E-state index in [4.69, 9.17) is 9.05 Å². The molecule has 1 amide bonds. The molecule has 3 atom stereocenters. The van der Waals surface area contributed by atoms with E-state index in [1.54, 1.807) is 0 Å². The lowest BCUT2D eigenvalue weighted by atomic mass is 10.0. The number of quaternary nitrogens is 1. The lowest BCUT2D eigenvalue weighted by molar-refractivity contribution is -0.870. The molecule has 0 fully saturated rings. The van der Waals surface area contributed by atoms with Crippen LogP contribution in [0.4, 0.5) is 0 Å². The van der Waals surface area contributed by atoms with E-state index in [0.29, 0.717) is 23.9 Å². The molecular weight excluding hydrogens is 816 g/mol. The average Bonchev–Trinajstić information content (AvgIpc) is 3.25. The molecule has 0 saturated carbocycles. The number of rotatable bonds is 51. The van der Waals surface area contributed by atoms with Crippen LogP contribution in [-0.2, 0) is 18.4 Å². The van der Waals surface area contributed by atoms with E-state index in [1.807, 2.05) is 21.1 Å². The van der Waals surface area contributed by atoms with Crippen LogP contribution in [0.25, 0.3) is 0 Å². The van der Waals surface area contributed by atoms with Gasteiger partial charge in [-0.2, -0.15) is 0 Å². The Morgan fingerprint density at radius 2 is 0.906 bits per heavy atom. The van der Waals surface area contributed by atoms with E-state index in [1.165, 1.54) is 199 Å². The van der Waals surface area contributed by atoms with Gasteiger partial charge in [-0.1, -0.05) is 244 Å². The number of hydrogen-bond donors (Lipinski definition) is 2. The number of amides is 1. The van der Waals surface area contributed by atoms with Gasteiger partial charge in [0.15, 0.2) is 0 Å². The standard InChI is InChI=1S/C55H109N2O6P/c1-6-8-10-11-12-13-14-15-16-17-18-19-20-21-22-23-24-25-26-27-28-29-30-31-32-33-34-35-36-37-38-39-40-41-42-43-44-45-47-49-55(59)56-53(54(58)48-46-9-7-2)52-63-64(60,61)62-51-50-57(3,4)5/h14-15,17-18,53-54,58H,6-13,16,19-52H2,1-5H3,(H-,56,59,60,61)/b15-14-,18-17-. The van der Waals surface area contributed by atoms with Crippen LogP contribution in [0.2, 0.25) is 0 Å². The zero-order valence-electron chi connectivity index (χ0n) is 43.3. The van der Waals surface area contributed by atoms with Gasteiger partial charge in [0.05, 0.1) is 39.9 Å². The fourth-order valence-electron chi connectivity index (χ4n) is 8.31. The van der Waals surface area contributed by atoms with Crippen molar-refractivity contribution in [2.75, 3.05) is 40.9 Å². The predicted octanol–water partition coefficient (Wildman–Crippen LogP) is 15.8. The van der Waals surface area contributed by atoms with Crippen molar-refractivity contribution >= 4 is 13.7 Å². The van der Waals surface area contributed by atoms with Gasteiger partial charge in [0.1, 0.15) is 13.2 Å². The highest BCUT2D eigenvalue weighted by Crippen LogP contribution is 2.38. The highest BCUT2D eigenvalue weighted by Gasteiger charge is 2.24. The number of likely N-dealkylation sites (N-methyl/N-ethyl adjacent to an activating group) is 1. The summed E-state index contributed by atoms with van der Waals surface area (Å²) in [6.07, 6.45) is 59.1. The molecule has 2 N–H and O–H groups in total. The Morgan fingerprint density at radius 3 is 1.30 bits per heavy atom. The summed E-state index contributed by atoms with van der Waals surface area (Å²) in [7, 11) is 1.31. The first-order valence-electron chi connectivity index (χ1n) is 27.7. The Hall–Kier alpha value is -1.02. The number of nitrogens with one attached hydrogen (secondary N) is 1. The van der Waals surface area contributed by atoms with Gasteiger partial charge in [-0.15, -0.1) is 0 Å². The van der Waals surface area contributed by atoms with Gasteiger partial charge >= 0.3 is 0 Å². The summed E-state index contributed by atoms with van der Waals surface area (Å²) in [5.74, 6) is -0.172. The van der Waals surface area contributed by atoms with Crippen LogP contribution in [0.3, 0.4) is 0 Å². The van der Waals surface area contributed by atoms with Crippen LogP contribution in [0, 0.1) is 0 Å². The second-order valence-corrected chi connectivity index (χ2v) is 21.7. The summed E-state index contributed by atoms with van der Waals surface area (Å²) in [6.45, 7) is 4.56. The largest absolute Gasteiger partial charge is 0.756 e. The molecule has 0 bridgehead atoms. The molecule has 64 heavy (non-hydrogen) atoms. The molecule has 0 aliphatic heterocycles. The second-order valence-electron chi connectivity index (χ2n) is 20.3. The second kappa shape index (κ2) is 47.1. The molecule has 9 heteroatoms. The Balaban J connectivity index is 3.58. The Morgan fingerprint density at radius 1 is 0.547 bits per heavy atom. The van der Waals surface area contributed by atoms with E-state index in [-0.39, 0.29) is 19.1 Å². The molecule has 8 nitrogen and oxygen atoms in total. The van der Waals surface area contributed by atoms with Crippen molar-refractivity contribution in [3.63, 3.8) is 0 Å². The zero-order chi connectivity index (χ0) is 47.1. The number of nitrogens with zero attached hydrogens (tertiary/aromatic N) is 1. The summed E-state index contributed by atoms with van der Waals surface area (Å²) < 4.78 is 23.0. The Labute approximate surface area is 398 Å². The van der Waals surface area contributed by atoms with Crippen LogP contribution in [0.1, 0.15) is 271 Å². The first-order valence-corrected chi connectivity index (χ1v) is 29.1. The molecule has 0 aromatic heterocycles. The maximum absolute atomic E-state index is 12.7. The van der Waals surface area contributed by atoms with Crippen LogP contribution >= 0.6 is 7.82 Å². The quantitative estimate of drug-likeness (QED) is 0.0272. The minimum Gasteiger partial charge on any atom is -0.756 e. The monoisotopic (exact) mass is 925 g/mol. The summed E-state index contributed by atoms with van der Waals surface area (Å²) in [5.41, 5.74) is 0. The number of allylic oxidation sites excluding steroid dienone is 4. The number of phosphoric acid groups is 1. The minimum absolute atomic E-state index is 0.0128. The van der Waals surface area contributed by atoms with Gasteiger partial charge in [-0.25, -0.2) is 0 Å². The maximum Gasteiger partial charge on any atom is 0.268 e. The third kappa shape index (κ3) is 48.9. The third-order valence-electron chi connectivity index (χ3n) is 12.7. The molecule has 0 aromatic rings. The van der Waals surface area contributed by atoms with Gasteiger partial charge in [-0.05, 0) is 44.9 Å². The van der Waals surface area contributed by atoms with E-state index in [9.17, 15) is 19.4 Å². The molecule has 0 heterocycles. The van der Waals surface area contributed by atoms with E-state index < -0.39 is 20.0 Å². The molecule has 0 aromatic carbocycles. The number of carbonyl (C=O) groups is 1. The smallest absolute Gasteiger partial charge is 0.268 e. The Kier molecular flexibility index (Phi) is 46.3. The van der Waals surface area contributed by atoms with Crippen molar-refractivity contribution in [2.24, 2.45) is 0 Å². The molecular formula is C55H109N2O6P. The van der Waals surface area contributed by atoms with Crippen molar-refractivity contribution in [3.8, 4) is 0 Å². The summed E-state index contributed by atoms with van der Waals surface area (Å²) in [4.78, 5) is 25.0. The maximum atomic E-state index is 12.7. The average molecular weight is 925 g/mol. The fraction of sp³-hybridized carbons (Fsp3) is 0.909. The van der Waals surface area contributed by atoms with Crippen LogP contribution < -0.4 is 10.2 Å². The highest BCUT2D eigenvalue weighted by molar-refractivity contribution is 7.45. The van der Waals surface area contributed by atoms with Crippen molar-refractivity contribution < 1.29 is 32.9 Å². The molecule has 0 saturated heterocycles. The number of aliphatic hydroxyl groups excluding tert-OH is 1. The molecule has 3 unspecified atom stereocenters. The number of phosphoric ester groups is 1. The zero-order valence-corrected chi connectivity index (χ0v) is 44.1. The summed E-state index contributed by atoms with van der Waals surface area (Å²) >= 11 is 0. The van der Waals surface area contributed by atoms with Gasteiger partial charge < -0.3 is 28.8 Å². The lowest BCUT2D eigenvalue weighted by Crippen LogP contribution is -2.46. The first-order chi connectivity index (χ1) is 31.0. The van der Waals surface area contributed by atoms with Crippen LogP contribution in [-0.4, -0.2) is 68.5 Å². The van der Waals surface area contributed by atoms with Crippen molar-refractivity contribution in [1.82, 2.24) is 5.32 Å². The molecule has 0 rings (SSSR count). The van der Waals surface area contributed by atoms with Crippen LogP contribution in [0.15, 0.2) is 24.3 Å². The number of carbonyl (C=O) groups excluding carboxylic acids is 1. The van der Waals surface area contributed by atoms with Gasteiger partial charge in [-0.3, -0.25) is 9.36 Å². The van der Waals surface area contributed by atoms with Crippen LogP contribution in [0.5, 0.6) is 0 Å². The van der Waals surface area contributed by atoms with Gasteiger partial charge in [0.2, 0.25) is 5.91 Å². The van der Waals surface area contributed by atoms with E-state index >= 15 is 0 Å². The molecule has 0 aliphatic rings. The highest BCUT2D eigenvalue weighted by atomic mass is 31.2. The molecule has 0 radical (unpaired) electrons. The predicted molar refractivity (Wildman–Crippen MR) is 275 cm³/mol. The summed E-state index contributed by atoms with van der Waals surface area (Å²) in [5, 5.41) is 13.6. The fourth-order valence-corrected chi connectivity index (χ4v) is 9.03. The minimum atomic E-state index is -4.54. The van der Waals surface area contributed by atoms with Crippen molar-refractivity contribution in [1.29, 1.82) is 0 Å². The normalized spacial score (nSPS) is 14.2. The number of hydrogen-bond acceptors (Lipinski definition) is 6. The molecule has 380 valence electrons. The lowest BCUT2D eigenvalue weighted by Gasteiger charge is -2.30. The number of unbranched alkanes of at least 4 members (excludes halogenated alkanes) is 34. The summed E-state index contributed by atoms with van der Waals surface area (Å²) in [6, 6.07) is -0.792. The van der Waals surface area contributed by atoms with Crippen molar-refractivity contribution in [3.05, 3.63) is 24.3 Å². The first kappa shape index (κ1) is 63.0. The van der Waals surface area contributed by atoms with E-state index in [0.717, 1.165) is 44.9 Å². The number of aliphatic hydroxyl groups is 1. The van der Waals surface area contributed by atoms with Crippen molar-refractivity contribution in [2.45, 2.75) is 283 Å². The molecule has 0 aliphatic carbocycles. The topological polar surface area (TPSA) is 108 Å². The van der Waals surface area contributed by atoms with E-state index in [2.05, 4.69) is 43.5 Å². The Bertz CT molecular complexity index is 1090. The van der Waals surface area contributed by atoms with Gasteiger partial charge in [0, 0.05) is 6.42 Å². The molecule has 0 spiro atoms. The van der Waals surface area contributed by atoms with Gasteiger partial charge in [0.25, 0.3) is 7.82 Å². The SMILES string of the molecule is CCCCCCC/C=C\C/C=C\CCCCCCCCCCCCCCCCCCCCCCCCCCCCCC(=O)NC(COP(=O)([O-])OCC[N+](C)(C)C)C(O)CCCCC.